The summed E-state index contributed by atoms with van der Waals surface area (Å²) in [5.41, 5.74) is 8.35. The van der Waals surface area contributed by atoms with Crippen LogP contribution in [0.1, 0.15) is 5.56 Å². The van der Waals surface area contributed by atoms with Crippen molar-refractivity contribution in [1.82, 2.24) is 14.9 Å². The third-order valence-corrected chi connectivity index (χ3v) is 6.11. The molecule has 3 aromatic rings. The number of nitrogens with one attached hydrogen (secondary N) is 2. The zero-order chi connectivity index (χ0) is 24.0. The molecule has 0 saturated carbocycles. The maximum atomic E-state index is 15.3. The van der Waals surface area contributed by atoms with Crippen LogP contribution in [0.5, 0.6) is 5.88 Å². The molecule has 34 heavy (non-hydrogen) atoms. The molecule has 2 aliphatic rings. The number of fused-ring (bicyclic) bond motifs is 2. The Morgan fingerprint density at radius 3 is 2.88 bits per heavy atom. The number of carbonyl (C=O) groups is 1. The fourth-order valence-corrected chi connectivity index (χ4v) is 4.35. The zero-order valence-corrected chi connectivity index (χ0v) is 18.7. The largest absolute Gasteiger partial charge is 0.474 e. The van der Waals surface area contributed by atoms with Crippen molar-refractivity contribution in [2.24, 2.45) is 0 Å². The molecular weight excluding hydrogens is 446 g/mol. The van der Waals surface area contributed by atoms with Crippen molar-refractivity contribution < 1.29 is 23.0 Å². The number of alkyl halides is 1. The number of nitrogen functional groups attached to an aromatic ring is 1. The Labute approximate surface area is 194 Å². The number of nitrogens with zero attached hydrogens (tertiary/aromatic N) is 3. The molecule has 178 valence electrons. The van der Waals surface area contributed by atoms with Crippen molar-refractivity contribution in [2.75, 3.05) is 49.7 Å². The van der Waals surface area contributed by atoms with Gasteiger partial charge in [0.25, 0.3) is 0 Å². The van der Waals surface area contributed by atoms with Gasteiger partial charge in [0.2, 0.25) is 5.88 Å². The van der Waals surface area contributed by atoms with Gasteiger partial charge in [0, 0.05) is 48.5 Å². The minimum atomic E-state index is -1.25. The van der Waals surface area contributed by atoms with E-state index in [0.717, 1.165) is 5.56 Å². The molecule has 2 aliphatic heterocycles. The third-order valence-electron chi connectivity index (χ3n) is 6.11. The van der Waals surface area contributed by atoms with Crippen LogP contribution in [0, 0.1) is 12.7 Å². The molecule has 1 fully saturated rings. The van der Waals surface area contributed by atoms with Crippen molar-refractivity contribution in [3.8, 4) is 17.0 Å². The number of halogens is 2. The lowest BCUT2D eigenvalue weighted by molar-refractivity contribution is 0.0791. The molecule has 4 N–H and O–H groups in total. The highest BCUT2D eigenvalue weighted by Gasteiger charge is 2.34. The van der Waals surface area contributed by atoms with Crippen molar-refractivity contribution in [2.45, 2.75) is 19.2 Å². The van der Waals surface area contributed by atoms with Crippen LogP contribution in [0.25, 0.3) is 21.9 Å². The van der Waals surface area contributed by atoms with Gasteiger partial charge in [0.15, 0.2) is 12.0 Å². The lowest BCUT2D eigenvalue weighted by Gasteiger charge is -2.22. The highest BCUT2D eigenvalue weighted by atomic mass is 19.1. The second-order valence-electron chi connectivity index (χ2n) is 8.50. The number of anilines is 3. The molecule has 4 heterocycles. The highest BCUT2D eigenvalue weighted by Crippen LogP contribution is 2.39. The van der Waals surface area contributed by atoms with E-state index in [9.17, 15) is 9.18 Å². The summed E-state index contributed by atoms with van der Waals surface area (Å²) >= 11 is 0. The molecule has 0 bridgehead atoms. The Balaban J connectivity index is 1.46. The van der Waals surface area contributed by atoms with E-state index in [1.165, 1.54) is 6.20 Å². The number of amides is 1. The number of rotatable bonds is 3. The fraction of sp³-hybridized carbons (Fsp3) is 0.348. The summed E-state index contributed by atoms with van der Waals surface area (Å²) in [4.78, 5) is 22.5. The van der Waals surface area contributed by atoms with Crippen LogP contribution in [0.4, 0.5) is 30.8 Å². The van der Waals surface area contributed by atoms with E-state index in [2.05, 4.69) is 20.6 Å². The number of aromatic nitrogens is 2. The first-order valence-corrected chi connectivity index (χ1v) is 10.9. The minimum Gasteiger partial charge on any atom is -0.474 e. The van der Waals surface area contributed by atoms with Crippen molar-refractivity contribution in [1.29, 1.82) is 0 Å². The van der Waals surface area contributed by atoms with E-state index < -0.39 is 24.2 Å². The summed E-state index contributed by atoms with van der Waals surface area (Å²) in [6.45, 7) is 3.50. The first-order chi connectivity index (χ1) is 16.3. The van der Waals surface area contributed by atoms with Gasteiger partial charge in [-0.25, -0.2) is 23.5 Å². The van der Waals surface area contributed by atoms with Gasteiger partial charge in [0.05, 0.1) is 5.69 Å². The van der Waals surface area contributed by atoms with Crippen molar-refractivity contribution in [3.63, 3.8) is 0 Å². The topological polar surface area (TPSA) is 115 Å². The molecule has 11 heteroatoms. The van der Waals surface area contributed by atoms with Gasteiger partial charge >= 0.3 is 6.09 Å². The Hall–Kier alpha value is -3.73. The first kappa shape index (κ1) is 22.1. The number of ether oxygens (including phenoxy) is 2. The Bertz CT molecular complexity index is 1290. The Morgan fingerprint density at radius 2 is 2.12 bits per heavy atom. The third kappa shape index (κ3) is 3.92. The van der Waals surface area contributed by atoms with Gasteiger partial charge in [-0.3, -0.25) is 10.2 Å². The van der Waals surface area contributed by atoms with E-state index >= 15 is 4.39 Å². The van der Waals surface area contributed by atoms with E-state index in [4.69, 9.17) is 15.2 Å². The van der Waals surface area contributed by atoms with Gasteiger partial charge in [-0.2, -0.15) is 0 Å². The predicted octanol–water partition coefficient (Wildman–Crippen LogP) is 3.33. The Morgan fingerprint density at radius 1 is 1.29 bits per heavy atom. The summed E-state index contributed by atoms with van der Waals surface area (Å²) < 4.78 is 40.0. The molecular formula is C23H24F2N6O3. The number of carbonyl (C=O) groups excluding carboxylic acids is 1. The normalized spacial score (nSPS) is 19.9. The molecule has 0 spiro atoms. The van der Waals surface area contributed by atoms with Crippen LogP contribution < -0.4 is 21.1 Å². The minimum absolute atomic E-state index is 0.0651. The van der Waals surface area contributed by atoms with Gasteiger partial charge < -0.3 is 20.5 Å². The average Bonchev–Trinajstić information content (AvgIpc) is 3.13. The second kappa shape index (κ2) is 8.56. The van der Waals surface area contributed by atoms with Crippen LogP contribution in [-0.4, -0.2) is 66.5 Å². The molecule has 0 aliphatic carbocycles. The number of hydrogen-bond donors (Lipinski definition) is 3. The van der Waals surface area contributed by atoms with Crippen LogP contribution in [0.15, 0.2) is 24.5 Å². The molecule has 9 nitrogen and oxygen atoms in total. The standard InChI is InChI=1S/C23H24F2N6O3/c1-11-14(7-29-22-21(11)27-3-4-33-22)13-5-12-6-18(28-8-15(12)20(26)19(13)25)30-23(32)34-17-10-31(2)9-16(17)24/h5-8,16-17,27H,3-4,9-10,26H2,1-2H3,(H,28,30,32)/t16-,17+/m0/s1. The SMILES string of the molecule is Cc1c(-c2cc3cc(NC(=O)O[C@@H]4CN(C)C[C@@H]4F)ncc3c(N)c2F)cnc2c1NCCO2. The van der Waals surface area contributed by atoms with Crippen LogP contribution in [-0.2, 0) is 4.74 Å². The van der Waals surface area contributed by atoms with Crippen molar-refractivity contribution in [3.05, 3.63) is 35.9 Å². The number of hydrogen-bond acceptors (Lipinski definition) is 8. The molecule has 1 amide bonds. The summed E-state index contributed by atoms with van der Waals surface area (Å²) in [6.07, 6.45) is 0.0138. The molecule has 5 rings (SSSR count). The zero-order valence-electron chi connectivity index (χ0n) is 18.7. The average molecular weight is 470 g/mol. The summed E-state index contributed by atoms with van der Waals surface area (Å²) in [7, 11) is 1.75. The van der Waals surface area contributed by atoms with Crippen molar-refractivity contribution >= 4 is 34.1 Å². The smallest absolute Gasteiger partial charge is 0.413 e. The first-order valence-electron chi connectivity index (χ1n) is 10.9. The van der Waals surface area contributed by atoms with E-state index in [-0.39, 0.29) is 23.6 Å². The predicted molar refractivity (Wildman–Crippen MR) is 124 cm³/mol. The summed E-state index contributed by atoms with van der Waals surface area (Å²) in [5.74, 6) is 0.0572. The lowest BCUT2D eigenvalue weighted by Crippen LogP contribution is -2.29. The van der Waals surface area contributed by atoms with Gasteiger partial charge in [-0.05, 0) is 37.1 Å². The molecule has 0 radical (unpaired) electrons. The highest BCUT2D eigenvalue weighted by molar-refractivity contribution is 5.99. The quantitative estimate of drug-likeness (QED) is 0.500. The number of likely N-dealkylation sites (tertiary alicyclic amines) is 1. The maximum absolute atomic E-state index is 15.3. The van der Waals surface area contributed by atoms with Gasteiger partial charge in [-0.15, -0.1) is 0 Å². The number of nitrogens with two attached hydrogens (primary N) is 1. The molecule has 2 aromatic heterocycles. The number of likely N-dealkylation sites (N-methyl/N-ethyl adjacent to an activating group) is 1. The van der Waals surface area contributed by atoms with Crippen LogP contribution in [0.3, 0.4) is 0 Å². The summed E-state index contributed by atoms with van der Waals surface area (Å²) in [6, 6.07) is 3.19. The lowest BCUT2D eigenvalue weighted by atomic mass is 9.97. The fourth-order valence-electron chi connectivity index (χ4n) is 4.35. The van der Waals surface area contributed by atoms with E-state index in [1.807, 2.05) is 6.92 Å². The summed E-state index contributed by atoms with van der Waals surface area (Å²) in [5, 5.41) is 6.70. The Kier molecular flexibility index (Phi) is 5.56. The van der Waals surface area contributed by atoms with Crippen LogP contribution in [0.2, 0.25) is 0 Å². The molecule has 2 atom stereocenters. The molecule has 1 aromatic carbocycles. The number of benzene rings is 1. The van der Waals surface area contributed by atoms with E-state index in [1.54, 1.807) is 30.3 Å². The number of pyridine rings is 2. The van der Waals surface area contributed by atoms with Gasteiger partial charge in [-0.1, -0.05) is 0 Å². The van der Waals surface area contributed by atoms with E-state index in [0.29, 0.717) is 47.6 Å². The van der Waals surface area contributed by atoms with Gasteiger partial charge in [0.1, 0.15) is 24.2 Å². The second-order valence-corrected chi connectivity index (χ2v) is 8.50. The monoisotopic (exact) mass is 470 g/mol. The molecule has 1 saturated heterocycles. The molecule has 0 unspecified atom stereocenters. The van der Waals surface area contributed by atoms with Crippen LogP contribution >= 0.6 is 0 Å². The maximum Gasteiger partial charge on any atom is 0.413 e.